The van der Waals surface area contributed by atoms with Crippen LogP contribution in [-0.2, 0) is 11.0 Å². The van der Waals surface area contributed by atoms with E-state index in [9.17, 15) is 18.0 Å². The lowest BCUT2D eigenvalue weighted by molar-refractivity contribution is -0.141. The molecule has 0 aromatic carbocycles. The first kappa shape index (κ1) is 13.6. The lowest BCUT2D eigenvalue weighted by atomic mass is 10.0. The van der Waals surface area contributed by atoms with Gasteiger partial charge in [0.15, 0.2) is 0 Å². The second kappa shape index (κ2) is 4.67. The number of anilines is 1. The minimum atomic E-state index is -4.57. The fourth-order valence-corrected chi connectivity index (χ4v) is 2.19. The first-order chi connectivity index (χ1) is 8.80. The van der Waals surface area contributed by atoms with E-state index < -0.39 is 23.9 Å². The molecular formula is C11H12F3N3O2. The van der Waals surface area contributed by atoms with E-state index in [0.717, 1.165) is 12.3 Å². The van der Waals surface area contributed by atoms with Crippen molar-refractivity contribution in [3.63, 3.8) is 0 Å². The van der Waals surface area contributed by atoms with Crippen LogP contribution in [0.3, 0.4) is 0 Å². The molecule has 1 aliphatic rings. The molecule has 1 N–H and O–H groups in total. The molecule has 8 heteroatoms. The van der Waals surface area contributed by atoms with Gasteiger partial charge in [0.1, 0.15) is 11.7 Å². The normalized spacial score (nSPS) is 23.7. The Labute approximate surface area is 107 Å². The number of halogens is 3. The van der Waals surface area contributed by atoms with Crippen LogP contribution in [0.15, 0.2) is 12.3 Å². The average Bonchev–Trinajstić information content (AvgIpc) is 2.70. The van der Waals surface area contributed by atoms with Crippen LogP contribution < -0.4 is 4.90 Å². The summed E-state index contributed by atoms with van der Waals surface area (Å²) < 4.78 is 37.7. The molecule has 104 valence electrons. The Bertz CT molecular complexity index is 492. The van der Waals surface area contributed by atoms with Gasteiger partial charge in [-0.1, -0.05) is 6.92 Å². The number of carboxylic acid groups (broad SMARTS) is 1. The molecule has 0 saturated carbocycles. The number of nitrogens with zero attached hydrogens (tertiary/aromatic N) is 3. The van der Waals surface area contributed by atoms with E-state index in [-0.39, 0.29) is 11.9 Å². The molecule has 1 saturated heterocycles. The van der Waals surface area contributed by atoms with E-state index in [1.807, 2.05) is 0 Å². The predicted molar refractivity (Wildman–Crippen MR) is 59.6 cm³/mol. The molecule has 5 nitrogen and oxygen atoms in total. The molecule has 0 spiro atoms. The molecule has 2 rings (SSSR count). The van der Waals surface area contributed by atoms with Crippen LogP contribution in [0, 0.1) is 5.92 Å². The van der Waals surface area contributed by atoms with E-state index in [1.54, 1.807) is 6.92 Å². The fourth-order valence-electron chi connectivity index (χ4n) is 2.19. The van der Waals surface area contributed by atoms with Crippen molar-refractivity contribution >= 4 is 11.9 Å². The molecule has 2 unspecified atom stereocenters. The quantitative estimate of drug-likeness (QED) is 0.891. The van der Waals surface area contributed by atoms with Gasteiger partial charge in [-0.15, -0.1) is 0 Å². The van der Waals surface area contributed by atoms with Gasteiger partial charge in [-0.05, 0) is 18.4 Å². The summed E-state index contributed by atoms with van der Waals surface area (Å²) in [7, 11) is 0. The van der Waals surface area contributed by atoms with Crippen LogP contribution in [0.1, 0.15) is 19.0 Å². The molecule has 1 aromatic rings. The number of hydrogen-bond acceptors (Lipinski definition) is 4. The summed E-state index contributed by atoms with van der Waals surface area (Å²) in [5, 5.41) is 9.13. The number of rotatable bonds is 2. The van der Waals surface area contributed by atoms with Gasteiger partial charge in [0.2, 0.25) is 5.95 Å². The minimum Gasteiger partial charge on any atom is -0.480 e. The molecule has 0 amide bonds. The lowest BCUT2D eigenvalue weighted by Gasteiger charge is -2.23. The van der Waals surface area contributed by atoms with Gasteiger partial charge in [0, 0.05) is 12.7 Å². The third-order valence-electron chi connectivity index (χ3n) is 3.14. The zero-order valence-corrected chi connectivity index (χ0v) is 10.1. The number of hydrogen-bond donors (Lipinski definition) is 1. The summed E-state index contributed by atoms with van der Waals surface area (Å²) in [4.78, 5) is 19.6. The van der Waals surface area contributed by atoms with Crippen molar-refractivity contribution in [2.75, 3.05) is 11.4 Å². The summed E-state index contributed by atoms with van der Waals surface area (Å²) in [6.07, 6.45) is -2.99. The van der Waals surface area contributed by atoms with Crippen LogP contribution in [0.5, 0.6) is 0 Å². The van der Waals surface area contributed by atoms with E-state index in [2.05, 4.69) is 9.97 Å². The van der Waals surface area contributed by atoms with E-state index in [0.29, 0.717) is 13.0 Å². The second-order valence-corrected chi connectivity index (χ2v) is 4.48. The molecule has 1 fully saturated rings. The van der Waals surface area contributed by atoms with Gasteiger partial charge in [-0.2, -0.15) is 13.2 Å². The molecule has 0 radical (unpaired) electrons. The van der Waals surface area contributed by atoms with Crippen molar-refractivity contribution in [3.8, 4) is 0 Å². The second-order valence-electron chi connectivity index (χ2n) is 4.48. The van der Waals surface area contributed by atoms with Gasteiger partial charge in [-0.25, -0.2) is 14.8 Å². The van der Waals surface area contributed by atoms with Crippen molar-refractivity contribution in [2.24, 2.45) is 5.92 Å². The molecule has 0 bridgehead atoms. The van der Waals surface area contributed by atoms with Crippen LogP contribution in [0.4, 0.5) is 19.1 Å². The Morgan fingerprint density at radius 3 is 2.79 bits per heavy atom. The van der Waals surface area contributed by atoms with Crippen LogP contribution in [0.2, 0.25) is 0 Å². The molecular weight excluding hydrogens is 263 g/mol. The SMILES string of the molecule is CC1CCN(c2nccc(C(F)(F)F)n2)C1C(=O)O. The van der Waals surface area contributed by atoms with Gasteiger partial charge < -0.3 is 10.0 Å². The smallest absolute Gasteiger partial charge is 0.433 e. The van der Waals surface area contributed by atoms with Crippen molar-refractivity contribution in [1.29, 1.82) is 0 Å². The van der Waals surface area contributed by atoms with Gasteiger partial charge in [0.25, 0.3) is 0 Å². The van der Waals surface area contributed by atoms with Crippen molar-refractivity contribution < 1.29 is 23.1 Å². The first-order valence-corrected chi connectivity index (χ1v) is 5.70. The van der Waals surface area contributed by atoms with Crippen molar-refractivity contribution in [2.45, 2.75) is 25.6 Å². The summed E-state index contributed by atoms with van der Waals surface area (Å²) in [6, 6.07) is -0.123. The predicted octanol–water partition coefficient (Wildman–Crippen LogP) is 1.79. The van der Waals surface area contributed by atoms with Gasteiger partial charge >= 0.3 is 12.1 Å². The maximum Gasteiger partial charge on any atom is 0.433 e. The van der Waals surface area contributed by atoms with Gasteiger partial charge in [0.05, 0.1) is 0 Å². The third-order valence-corrected chi connectivity index (χ3v) is 3.14. The maximum atomic E-state index is 12.6. The first-order valence-electron chi connectivity index (χ1n) is 5.70. The highest BCUT2D eigenvalue weighted by Gasteiger charge is 2.39. The molecule has 0 aliphatic carbocycles. The summed E-state index contributed by atoms with van der Waals surface area (Å²) in [5.41, 5.74) is -1.07. The maximum absolute atomic E-state index is 12.6. The topological polar surface area (TPSA) is 66.3 Å². The lowest BCUT2D eigenvalue weighted by Crippen LogP contribution is -2.40. The Morgan fingerprint density at radius 2 is 2.21 bits per heavy atom. The summed E-state index contributed by atoms with van der Waals surface area (Å²) >= 11 is 0. The molecule has 1 aromatic heterocycles. The van der Waals surface area contributed by atoms with Crippen molar-refractivity contribution in [1.82, 2.24) is 9.97 Å². The number of carbonyl (C=O) groups is 1. The summed E-state index contributed by atoms with van der Waals surface area (Å²) in [6.45, 7) is 2.08. The van der Waals surface area contributed by atoms with E-state index in [1.165, 1.54) is 4.90 Å². The van der Waals surface area contributed by atoms with Crippen molar-refractivity contribution in [3.05, 3.63) is 18.0 Å². The monoisotopic (exact) mass is 275 g/mol. The average molecular weight is 275 g/mol. The standard InChI is InChI=1S/C11H12F3N3O2/c1-6-3-5-17(8(6)9(18)19)10-15-4-2-7(16-10)11(12,13)14/h2,4,6,8H,3,5H2,1H3,(H,18,19). The Hall–Kier alpha value is -1.86. The minimum absolute atomic E-state index is 0.157. The summed E-state index contributed by atoms with van der Waals surface area (Å²) in [5.74, 6) is -1.42. The number of alkyl halides is 3. The Kier molecular flexibility index (Phi) is 3.34. The molecule has 2 heterocycles. The van der Waals surface area contributed by atoms with Crippen LogP contribution in [0.25, 0.3) is 0 Å². The van der Waals surface area contributed by atoms with E-state index in [4.69, 9.17) is 5.11 Å². The Balaban J connectivity index is 2.34. The van der Waals surface area contributed by atoms with Crippen LogP contribution >= 0.6 is 0 Å². The zero-order chi connectivity index (χ0) is 14.2. The number of aromatic nitrogens is 2. The molecule has 1 aliphatic heterocycles. The van der Waals surface area contributed by atoms with Crippen LogP contribution in [-0.4, -0.2) is 33.6 Å². The third kappa shape index (κ3) is 2.61. The highest BCUT2D eigenvalue weighted by atomic mass is 19.4. The molecule has 19 heavy (non-hydrogen) atoms. The largest absolute Gasteiger partial charge is 0.480 e. The number of aliphatic carboxylic acids is 1. The fraction of sp³-hybridized carbons (Fsp3) is 0.545. The molecule has 2 atom stereocenters. The van der Waals surface area contributed by atoms with E-state index >= 15 is 0 Å². The highest BCUT2D eigenvalue weighted by Crippen LogP contribution is 2.31. The Morgan fingerprint density at radius 1 is 1.53 bits per heavy atom. The van der Waals surface area contributed by atoms with Gasteiger partial charge in [-0.3, -0.25) is 0 Å². The highest BCUT2D eigenvalue weighted by molar-refractivity contribution is 5.78. The zero-order valence-electron chi connectivity index (χ0n) is 10.1. The number of carboxylic acids is 1.